The summed E-state index contributed by atoms with van der Waals surface area (Å²) < 4.78 is 10.5. The third kappa shape index (κ3) is 5.88. The molecule has 0 aromatic heterocycles. The number of rotatable bonds is 8. The number of hydrogen-bond acceptors (Lipinski definition) is 4. The first kappa shape index (κ1) is 20.0. The fourth-order valence-corrected chi connectivity index (χ4v) is 2.64. The number of amides is 2. The largest absolute Gasteiger partial charge is 0.493 e. The van der Waals surface area contributed by atoms with E-state index in [1.807, 2.05) is 38.1 Å². The van der Waals surface area contributed by atoms with Crippen LogP contribution >= 0.6 is 0 Å². The lowest BCUT2D eigenvalue weighted by Crippen LogP contribution is -2.25. The third-order valence-corrected chi connectivity index (χ3v) is 4.00. The Morgan fingerprint density at radius 2 is 1.93 bits per heavy atom. The van der Waals surface area contributed by atoms with E-state index in [9.17, 15) is 9.59 Å². The summed E-state index contributed by atoms with van der Waals surface area (Å²) in [6, 6.07) is 13.0. The third-order valence-electron chi connectivity index (χ3n) is 4.00. The highest BCUT2D eigenvalue weighted by molar-refractivity contribution is 5.92. The second kappa shape index (κ2) is 9.43. The number of primary amides is 1. The lowest BCUT2D eigenvalue weighted by Gasteiger charge is -2.15. The molecule has 0 saturated heterocycles. The topological polar surface area (TPSA) is 90.7 Å². The number of aryl methyl sites for hydroxylation is 1. The van der Waals surface area contributed by atoms with Gasteiger partial charge >= 0.3 is 0 Å². The van der Waals surface area contributed by atoms with E-state index in [1.165, 1.54) is 13.2 Å². The smallest absolute Gasteiger partial charge is 0.255 e. The normalized spacial score (nSPS) is 11.8. The van der Waals surface area contributed by atoms with Gasteiger partial charge in [0.1, 0.15) is 0 Å². The summed E-state index contributed by atoms with van der Waals surface area (Å²) in [7, 11) is 1.50. The summed E-state index contributed by atoms with van der Waals surface area (Å²) in [6.07, 6.45) is 3.15. The highest BCUT2D eigenvalue weighted by Crippen LogP contribution is 2.28. The first-order valence-electron chi connectivity index (χ1n) is 8.54. The molecule has 0 fully saturated rings. The Morgan fingerprint density at radius 3 is 2.59 bits per heavy atom. The van der Waals surface area contributed by atoms with E-state index in [1.54, 1.807) is 24.3 Å². The maximum Gasteiger partial charge on any atom is 0.255 e. The van der Waals surface area contributed by atoms with Gasteiger partial charge in [0.15, 0.2) is 18.1 Å². The number of nitrogens with two attached hydrogens (primary N) is 1. The fraction of sp³-hybridized carbons (Fsp3) is 0.238. The summed E-state index contributed by atoms with van der Waals surface area (Å²) in [4.78, 5) is 23.0. The number of nitrogens with one attached hydrogen (secondary N) is 1. The first-order chi connectivity index (χ1) is 12.9. The zero-order valence-corrected chi connectivity index (χ0v) is 15.7. The molecule has 0 heterocycles. The molecule has 3 N–H and O–H groups in total. The first-order valence-corrected chi connectivity index (χ1v) is 8.54. The van der Waals surface area contributed by atoms with E-state index in [0.29, 0.717) is 11.5 Å². The van der Waals surface area contributed by atoms with Gasteiger partial charge in [-0.2, -0.15) is 0 Å². The minimum atomic E-state index is -0.569. The molecule has 2 aromatic rings. The molecule has 0 aliphatic rings. The minimum Gasteiger partial charge on any atom is -0.493 e. The molecule has 0 bridgehead atoms. The molecule has 6 heteroatoms. The van der Waals surface area contributed by atoms with Crippen molar-refractivity contribution in [3.05, 3.63) is 65.2 Å². The van der Waals surface area contributed by atoms with Crippen LogP contribution in [0.5, 0.6) is 11.5 Å². The zero-order chi connectivity index (χ0) is 19.8. The van der Waals surface area contributed by atoms with Crippen LogP contribution in [0.2, 0.25) is 0 Å². The van der Waals surface area contributed by atoms with Gasteiger partial charge in [0.25, 0.3) is 5.91 Å². The quantitative estimate of drug-likeness (QED) is 0.701. The summed E-state index contributed by atoms with van der Waals surface area (Å²) >= 11 is 0. The van der Waals surface area contributed by atoms with E-state index in [4.69, 9.17) is 15.2 Å². The van der Waals surface area contributed by atoms with Gasteiger partial charge in [0.2, 0.25) is 5.91 Å². The molecule has 0 aliphatic heterocycles. The number of carbonyl (C=O) groups is 2. The van der Waals surface area contributed by atoms with Gasteiger partial charge in [0, 0.05) is 6.08 Å². The SMILES string of the molecule is COc1cc(/C=C/C(=O)NC(C)c2ccccc2C)ccc1OCC(N)=O. The molecule has 2 rings (SSSR count). The van der Waals surface area contributed by atoms with Crippen LogP contribution in [0, 0.1) is 6.92 Å². The zero-order valence-electron chi connectivity index (χ0n) is 15.7. The molecule has 6 nitrogen and oxygen atoms in total. The average molecular weight is 368 g/mol. The molecule has 0 aliphatic carbocycles. The van der Waals surface area contributed by atoms with Gasteiger partial charge in [-0.1, -0.05) is 30.3 Å². The Hall–Kier alpha value is -3.28. The Balaban J connectivity index is 2.03. The van der Waals surface area contributed by atoms with Gasteiger partial charge in [-0.25, -0.2) is 0 Å². The predicted octanol–water partition coefficient (Wildman–Crippen LogP) is 2.76. The van der Waals surface area contributed by atoms with Crippen LogP contribution in [0.4, 0.5) is 0 Å². The molecule has 2 amide bonds. The number of hydrogen-bond donors (Lipinski definition) is 2. The van der Waals surface area contributed by atoms with Crippen LogP contribution in [-0.2, 0) is 9.59 Å². The van der Waals surface area contributed by atoms with Crippen molar-refractivity contribution in [2.24, 2.45) is 5.73 Å². The Kier molecular flexibility index (Phi) is 7.00. The van der Waals surface area contributed by atoms with Crippen LogP contribution < -0.4 is 20.5 Å². The van der Waals surface area contributed by atoms with E-state index in [2.05, 4.69) is 5.32 Å². The van der Waals surface area contributed by atoms with Crippen LogP contribution in [0.3, 0.4) is 0 Å². The van der Waals surface area contributed by atoms with E-state index in [0.717, 1.165) is 16.7 Å². The van der Waals surface area contributed by atoms with Crippen molar-refractivity contribution < 1.29 is 19.1 Å². The predicted molar refractivity (Wildman–Crippen MR) is 104 cm³/mol. The van der Waals surface area contributed by atoms with Gasteiger partial charge in [-0.05, 0) is 48.7 Å². The van der Waals surface area contributed by atoms with E-state index < -0.39 is 5.91 Å². The Labute approximate surface area is 159 Å². The number of ether oxygens (including phenoxy) is 2. The molecular weight excluding hydrogens is 344 g/mol. The standard InChI is InChI=1S/C21H24N2O4/c1-14-6-4-5-7-17(14)15(2)23-21(25)11-9-16-8-10-18(19(12-16)26-3)27-13-20(22)24/h4-12,15H,13H2,1-3H3,(H2,22,24)(H,23,25)/b11-9+. The number of methoxy groups -OCH3 is 1. The van der Waals surface area contributed by atoms with Gasteiger partial charge in [-0.3, -0.25) is 9.59 Å². The molecule has 27 heavy (non-hydrogen) atoms. The van der Waals surface area contributed by atoms with Crippen molar-refractivity contribution in [3.8, 4) is 11.5 Å². The van der Waals surface area contributed by atoms with E-state index >= 15 is 0 Å². The number of carbonyl (C=O) groups excluding carboxylic acids is 2. The van der Waals surface area contributed by atoms with Gasteiger partial charge < -0.3 is 20.5 Å². The van der Waals surface area contributed by atoms with Crippen molar-refractivity contribution in [1.82, 2.24) is 5.32 Å². The molecule has 0 radical (unpaired) electrons. The Morgan fingerprint density at radius 1 is 1.19 bits per heavy atom. The van der Waals surface area contributed by atoms with Crippen LogP contribution in [0.25, 0.3) is 6.08 Å². The minimum absolute atomic E-state index is 0.0949. The van der Waals surface area contributed by atoms with Gasteiger partial charge in [0.05, 0.1) is 13.2 Å². The summed E-state index contributed by atoms with van der Waals surface area (Å²) in [5.41, 5.74) is 8.05. The van der Waals surface area contributed by atoms with Crippen LogP contribution in [-0.4, -0.2) is 25.5 Å². The molecule has 1 unspecified atom stereocenters. The maximum absolute atomic E-state index is 12.2. The molecule has 2 aromatic carbocycles. The highest BCUT2D eigenvalue weighted by atomic mass is 16.5. The molecular formula is C21H24N2O4. The second-order valence-electron chi connectivity index (χ2n) is 6.09. The van der Waals surface area contributed by atoms with E-state index in [-0.39, 0.29) is 18.6 Å². The van der Waals surface area contributed by atoms with Crippen LogP contribution in [0.15, 0.2) is 48.5 Å². The molecule has 142 valence electrons. The summed E-state index contributed by atoms with van der Waals surface area (Å²) in [5.74, 6) is 0.0948. The highest BCUT2D eigenvalue weighted by Gasteiger charge is 2.10. The maximum atomic E-state index is 12.2. The monoisotopic (exact) mass is 368 g/mol. The van der Waals surface area contributed by atoms with Crippen molar-refractivity contribution >= 4 is 17.9 Å². The number of benzene rings is 2. The summed E-state index contributed by atoms with van der Waals surface area (Å²) in [6.45, 7) is 3.73. The summed E-state index contributed by atoms with van der Waals surface area (Å²) in [5, 5.41) is 2.95. The van der Waals surface area contributed by atoms with Crippen molar-refractivity contribution in [1.29, 1.82) is 0 Å². The second-order valence-corrected chi connectivity index (χ2v) is 6.09. The lowest BCUT2D eigenvalue weighted by atomic mass is 10.0. The van der Waals surface area contributed by atoms with Crippen LogP contribution in [0.1, 0.15) is 29.7 Å². The average Bonchev–Trinajstić information content (AvgIpc) is 2.65. The fourth-order valence-electron chi connectivity index (χ4n) is 2.64. The molecule has 0 spiro atoms. The van der Waals surface area contributed by atoms with Crippen molar-refractivity contribution in [2.75, 3.05) is 13.7 Å². The molecule has 1 atom stereocenters. The van der Waals surface area contributed by atoms with Gasteiger partial charge in [-0.15, -0.1) is 0 Å². The molecule has 0 saturated carbocycles. The lowest BCUT2D eigenvalue weighted by molar-refractivity contribution is -0.120. The Bertz CT molecular complexity index is 846. The van der Waals surface area contributed by atoms with Crippen molar-refractivity contribution in [3.63, 3.8) is 0 Å². The van der Waals surface area contributed by atoms with Crippen molar-refractivity contribution in [2.45, 2.75) is 19.9 Å².